The minimum Gasteiger partial charge on any atom is -0.506 e. The van der Waals surface area contributed by atoms with E-state index >= 15 is 4.39 Å². The van der Waals surface area contributed by atoms with E-state index in [9.17, 15) is 30.4 Å². The van der Waals surface area contributed by atoms with Gasteiger partial charge in [0.1, 0.15) is 16.3 Å². The van der Waals surface area contributed by atoms with E-state index in [2.05, 4.69) is 39.6 Å². The van der Waals surface area contributed by atoms with E-state index in [0.717, 1.165) is 41.6 Å². The molecule has 7 rings (SSSR count). The highest BCUT2D eigenvalue weighted by atomic mass is 32.2. The number of nitrogens with zero attached hydrogens (tertiary/aromatic N) is 6. The number of anilines is 4. The van der Waals surface area contributed by atoms with Gasteiger partial charge >= 0.3 is 0 Å². The molecule has 2 aromatic heterocycles. The Morgan fingerprint density at radius 2 is 1.49 bits per heavy atom. The van der Waals surface area contributed by atoms with E-state index in [1.165, 1.54) is 28.9 Å². The van der Waals surface area contributed by atoms with E-state index in [-0.39, 0.29) is 44.7 Å². The molecule has 1 fully saturated rings. The summed E-state index contributed by atoms with van der Waals surface area (Å²) in [5.41, 5.74) is 2.85. The zero-order valence-electron chi connectivity index (χ0n) is 33.8. The minimum absolute atomic E-state index is 0.0508. The van der Waals surface area contributed by atoms with Gasteiger partial charge in [0.25, 0.3) is 20.0 Å². The first kappa shape index (κ1) is 43.0. The van der Waals surface area contributed by atoms with Gasteiger partial charge < -0.3 is 14.7 Å². The van der Waals surface area contributed by atoms with Crippen LogP contribution in [0.4, 0.5) is 38.5 Å². The predicted molar refractivity (Wildman–Crippen MR) is 229 cm³/mol. The van der Waals surface area contributed by atoms with Crippen molar-refractivity contribution < 1.29 is 39.5 Å². The van der Waals surface area contributed by atoms with E-state index < -0.39 is 46.2 Å². The first-order valence-corrected chi connectivity index (χ1v) is 23.5. The maximum absolute atomic E-state index is 15.7. The standard InChI is InChI=1S/C39H43FN10O8S3/c1-23-19-31(33(51)20-24(23)2)48-61(56,57)34-21-27(11-14-32(34)49-15-17-58-18-16-49)47-60(54,55)28-12-13-30(29(40)22-28)42-43-35-36(39(3,4)5)44-50-38(35)41-37(45-50)25-7-9-26(10-8-25)46-59(6,52)53/h7-14,19-22,44,46-48,51H,15-18H2,1-6H3. The molecule has 0 saturated carbocycles. The van der Waals surface area contributed by atoms with Crippen LogP contribution in [0.5, 0.6) is 5.75 Å². The lowest BCUT2D eigenvalue weighted by Crippen LogP contribution is -2.37. The number of benzene rings is 4. The summed E-state index contributed by atoms with van der Waals surface area (Å²) in [6.45, 7) is 10.7. The first-order valence-electron chi connectivity index (χ1n) is 18.7. The lowest BCUT2D eigenvalue weighted by molar-refractivity contribution is 0.122. The summed E-state index contributed by atoms with van der Waals surface area (Å²) < 4.78 is 108. The van der Waals surface area contributed by atoms with Gasteiger partial charge in [-0.05, 0) is 97.8 Å². The zero-order valence-corrected chi connectivity index (χ0v) is 36.3. The molecule has 322 valence electrons. The summed E-state index contributed by atoms with van der Waals surface area (Å²) in [5.74, 6) is -1.00. The number of aromatic nitrogens is 4. The number of halogens is 1. The van der Waals surface area contributed by atoms with Crippen molar-refractivity contribution in [1.82, 2.24) is 19.8 Å². The highest BCUT2D eigenvalue weighted by molar-refractivity contribution is 7.93. The Kier molecular flexibility index (Phi) is 11.3. The summed E-state index contributed by atoms with van der Waals surface area (Å²) in [7, 11) is -12.4. The number of phenolic OH excluding ortho intramolecular Hbond substituents is 1. The molecule has 5 N–H and O–H groups in total. The second-order valence-electron chi connectivity index (χ2n) is 15.5. The van der Waals surface area contributed by atoms with Gasteiger partial charge in [0, 0.05) is 29.8 Å². The third kappa shape index (κ3) is 9.46. The molecular formula is C39H43FN10O8S3. The van der Waals surface area contributed by atoms with Crippen LogP contribution in [0.25, 0.3) is 17.0 Å². The van der Waals surface area contributed by atoms with Crippen molar-refractivity contribution in [1.29, 1.82) is 0 Å². The Morgan fingerprint density at radius 3 is 2.15 bits per heavy atom. The molecule has 0 amide bonds. The quantitative estimate of drug-likeness (QED) is 0.0639. The normalized spacial score (nSPS) is 14.2. The summed E-state index contributed by atoms with van der Waals surface area (Å²) in [5, 5.41) is 26.7. The second-order valence-corrected chi connectivity index (χ2v) is 20.5. The van der Waals surface area contributed by atoms with Crippen LogP contribution >= 0.6 is 0 Å². The molecule has 61 heavy (non-hydrogen) atoms. The number of ether oxygens (including phenoxy) is 1. The highest BCUT2D eigenvalue weighted by Crippen LogP contribution is 2.37. The lowest BCUT2D eigenvalue weighted by atomic mass is 9.91. The molecule has 22 heteroatoms. The van der Waals surface area contributed by atoms with Crippen LogP contribution in [0.15, 0.2) is 92.8 Å². The Balaban J connectivity index is 1.16. The van der Waals surface area contributed by atoms with Gasteiger partial charge in [-0.2, -0.15) is 4.63 Å². The van der Waals surface area contributed by atoms with Gasteiger partial charge in [-0.3, -0.25) is 19.3 Å². The van der Waals surface area contributed by atoms with Crippen LogP contribution in [-0.4, -0.2) is 82.7 Å². The molecule has 3 heterocycles. The van der Waals surface area contributed by atoms with Crippen LogP contribution < -0.4 is 19.1 Å². The van der Waals surface area contributed by atoms with E-state index in [1.54, 1.807) is 43.0 Å². The Morgan fingerprint density at radius 1 is 0.820 bits per heavy atom. The third-order valence-corrected chi connectivity index (χ3v) is 13.0. The molecule has 0 spiro atoms. The van der Waals surface area contributed by atoms with Crippen molar-refractivity contribution in [3.8, 4) is 17.1 Å². The first-order chi connectivity index (χ1) is 28.6. The SMILES string of the molecule is Cc1cc(O)c(NS(=O)(=O)c2cc(NS(=O)(=O)c3ccc(N=Nc4c(C(C)(C)C)[nH]n5nc(-c6ccc(NS(C)(=O)=O)cc6)nc45)c(F)c3)ccc2N2CCOCC2)cc1C. The minimum atomic E-state index is -4.49. The van der Waals surface area contributed by atoms with E-state index in [4.69, 9.17) is 4.74 Å². The molecule has 6 aromatic rings. The van der Waals surface area contributed by atoms with Gasteiger partial charge in [-0.25, -0.2) is 34.6 Å². The number of aromatic amines is 1. The van der Waals surface area contributed by atoms with Crippen LogP contribution in [0, 0.1) is 19.7 Å². The smallest absolute Gasteiger partial charge is 0.264 e. The number of nitrogens with one attached hydrogen (secondary N) is 4. The number of sulfonamides is 3. The number of aryl methyl sites for hydroxylation is 2. The zero-order chi connectivity index (χ0) is 44.1. The van der Waals surface area contributed by atoms with Crippen LogP contribution in [0.2, 0.25) is 0 Å². The van der Waals surface area contributed by atoms with Gasteiger partial charge in [-0.15, -0.1) is 15.3 Å². The van der Waals surface area contributed by atoms with Gasteiger partial charge in [0.05, 0.1) is 47.1 Å². The van der Waals surface area contributed by atoms with Crippen LogP contribution in [0.1, 0.15) is 37.6 Å². The van der Waals surface area contributed by atoms with Gasteiger partial charge in [0.15, 0.2) is 17.3 Å². The molecule has 18 nitrogen and oxygen atoms in total. The topological polar surface area (TPSA) is 242 Å². The number of aromatic hydroxyl groups is 1. The lowest BCUT2D eigenvalue weighted by Gasteiger charge is -2.30. The maximum Gasteiger partial charge on any atom is 0.264 e. The van der Waals surface area contributed by atoms with Crippen molar-refractivity contribution in [3.63, 3.8) is 0 Å². The number of morpholine rings is 1. The summed E-state index contributed by atoms with van der Waals surface area (Å²) >= 11 is 0. The van der Waals surface area contributed by atoms with Gasteiger partial charge in [-0.1, -0.05) is 20.8 Å². The third-order valence-electron chi connectivity index (χ3n) is 9.67. The Hall–Kier alpha value is -6.10. The summed E-state index contributed by atoms with van der Waals surface area (Å²) in [6.07, 6.45) is 1.05. The van der Waals surface area contributed by atoms with Crippen molar-refractivity contribution in [3.05, 3.63) is 95.4 Å². The molecule has 0 radical (unpaired) electrons. The molecule has 1 saturated heterocycles. The fourth-order valence-corrected chi connectivity index (χ4v) is 9.39. The van der Waals surface area contributed by atoms with Crippen molar-refractivity contribution in [2.45, 2.75) is 49.8 Å². The summed E-state index contributed by atoms with van der Waals surface area (Å²) in [4.78, 5) is 5.68. The molecule has 4 aromatic carbocycles. The molecule has 0 aliphatic carbocycles. The number of fused-ring (bicyclic) bond motifs is 1. The van der Waals surface area contributed by atoms with E-state index in [0.29, 0.717) is 49.1 Å². The summed E-state index contributed by atoms with van der Waals surface area (Å²) in [6, 6.07) is 16.5. The average Bonchev–Trinajstić information content (AvgIpc) is 3.75. The number of phenols is 1. The van der Waals surface area contributed by atoms with Crippen molar-refractivity contribution in [2.75, 3.05) is 51.6 Å². The molecule has 0 atom stereocenters. The molecule has 0 bridgehead atoms. The van der Waals surface area contributed by atoms with Crippen molar-refractivity contribution in [2.24, 2.45) is 10.2 Å². The molecule has 1 aliphatic rings. The fourth-order valence-electron chi connectivity index (χ4n) is 6.45. The average molecular weight is 895 g/mol. The molecule has 0 unspecified atom stereocenters. The second kappa shape index (κ2) is 16.1. The number of hydrogen-bond donors (Lipinski definition) is 5. The molecular weight excluding hydrogens is 852 g/mol. The number of H-pyrrole nitrogens is 1. The van der Waals surface area contributed by atoms with Crippen LogP contribution in [-0.2, 0) is 40.2 Å². The number of azo groups is 1. The monoisotopic (exact) mass is 894 g/mol. The number of rotatable bonds is 12. The predicted octanol–water partition coefficient (Wildman–Crippen LogP) is 6.71. The van der Waals surface area contributed by atoms with Crippen molar-refractivity contribution >= 4 is 69.8 Å². The van der Waals surface area contributed by atoms with Gasteiger partial charge in [0.2, 0.25) is 15.7 Å². The van der Waals surface area contributed by atoms with E-state index in [1.807, 2.05) is 20.8 Å². The fraction of sp³-hybridized carbons (Fsp3) is 0.282. The largest absolute Gasteiger partial charge is 0.506 e. The highest BCUT2D eigenvalue weighted by Gasteiger charge is 2.28. The Bertz CT molecular complexity index is 3030. The Labute approximate surface area is 352 Å². The maximum atomic E-state index is 15.7. The molecule has 1 aliphatic heterocycles. The number of hydrogen-bond acceptors (Lipinski definition) is 13. The van der Waals surface area contributed by atoms with Crippen LogP contribution in [0.3, 0.4) is 0 Å².